The molecule has 1 unspecified atom stereocenters. The predicted octanol–water partition coefficient (Wildman–Crippen LogP) is 2.00. The molecule has 0 saturated carbocycles. The van der Waals surface area contributed by atoms with Gasteiger partial charge >= 0.3 is 0 Å². The van der Waals surface area contributed by atoms with Crippen LogP contribution in [-0.4, -0.2) is 37.5 Å². The SMILES string of the molecule is CN1CCN=C1NCC1CCCc2ccccc21. The summed E-state index contributed by atoms with van der Waals surface area (Å²) in [6, 6.07) is 8.89. The van der Waals surface area contributed by atoms with Crippen molar-refractivity contribution in [3.05, 3.63) is 35.4 Å². The van der Waals surface area contributed by atoms with E-state index in [-0.39, 0.29) is 0 Å². The lowest BCUT2D eigenvalue weighted by Crippen LogP contribution is -2.38. The van der Waals surface area contributed by atoms with Gasteiger partial charge in [0, 0.05) is 26.1 Å². The molecule has 0 bridgehead atoms. The molecule has 1 aromatic carbocycles. The fourth-order valence-electron chi connectivity index (χ4n) is 3.00. The molecule has 3 heteroatoms. The van der Waals surface area contributed by atoms with Crippen LogP contribution in [0.25, 0.3) is 0 Å². The number of benzene rings is 1. The summed E-state index contributed by atoms with van der Waals surface area (Å²) < 4.78 is 0. The number of rotatable bonds is 2. The van der Waals surface area contributed by atoms with Crippen LogP contribution >= 0.6 is 0 Å². The Morgan fingerprint density at radius 3 is 3.11 bits per heavy atom. The van der Waals surface area contributed by atoms with E-state index in [9.17, 15) is 0 Å². The maximum Gasteiger partial charge on any atom is 0.193 e. The average Bonchev–Trinajstić information content (AvgIpc) is 2.82. The third-order valence-electron chi connectivity index (χ3n) is 4.06. The highest BCUT2D eigenvalue weighted by atomic mass is 15.3. The molecule has 0 amide bonds. The van der Waals surface area contributed by atoms with E-state index >= 15 is 0 Å². The molecule has 2 aliphatic rings. The maximum atomic E-state index is 4.49. The molecule has 96 valence electrons. The second-order valence-electron chi connectivity index (χ2n) is 5.30. The number of fused-ring (bicyclic) bond motifs is 1. The minimum absolute atomic E-state index is 0.645. The minimum atomic E-state index is 0.645. The van der Waals surface area contributed by atoms with E-state index < -0.39 is 0 Å². The van der Waals surface area contributed by atoms with E-state index in [4.69, 9.17) is 0 Å². The fourth-order valence-corrected chi connectivity index (χ4v) is 3.00. The summed E-state index contributed by atoms with van der Waals surface area (Å²) in [5.74, 6) is 1.71. The Morgan fingerprint density at radius 1 is 1.39 bits per heavy atom. The third-order valence-corrected chi connectivity index (χ3v) is 4.06. The van der Waals surface area contributed by atoms with Gasteiger partial charge in [0.05, 0.1) is 6.54 Å². The number of aliphatic imine (C=N–C) groups is 1. The van der Waals surface area contributed by atoms with Crippen molar-refractivity contribution >= 4 is 5.96 Å². The van der Waals surface area contributed by atoms with Crippen molar-refractivity contribution < 1.29 is 0 Å². The van der Waals surface area contributed by atoms with E-state index in [2.05, 4.69) is 46.5 Å². The highest BCUT2D eigenvalue weighted by Crippen LogP contribution is 2.30. The summed E-state index contributed by atoms with van der Waals surface area (Å²) in [6.07, 6.45) is 3.85. The number of nitrogens with one attached hydrogen (secondary N) is 1. The molecule has 0 aromatic heterocycles. The highest BCUT2D eigenvalue weighted by Gasteiger charge is 2.21. The van der Waals surface area contributed by atoms with Crippen LogP contribution in [0.3, 0.4) is 0 Å². The summed E-state index contributed by atoms with van der Waals surface area (Å²) in [5, 5.41) is 3.52. The van der Waals surface area contributed by atoms with Gasteiger partial charge < -0.3 is 10.2 Å². The van der Waals surface area contributed by atoms with Crippen LogP contribution in [0.2, 0.25) is 0 Å². The van der Waals surface area contributed by atoms with Crippen LogP contribution in [0.15, 0.2) is 29.3 Å². The first-order chi connectivity index (χ1) is 8.84. The van der Waals surface area contributed by atoms with Gasteiger partial charge in [0.2, 0.25) is 0 Å². The molecule has 0 fully saturated rings. The molecular weight excluding hydrogens is 222 g/mol. The summed E-state index contributed by atoms with van der Waals surface area (Å²) >= 11 is 0. The topological polar surface area (TPSA) is 27.6 Å². The molecule has 1 aliphatic heterocycles. The first kappa shape index (κ1) is 11.6. The Bertz CT molecular complexity index is 453. The molecule has 3 rings (SSSR count). The van der Waals surface area contributed by atoms with Crippen LogP contribution in [0.1, 0.15) is 29.9 Å². The predicted molar refractivity (Wildman–Crippen MR) is 75.1 cm³/mol. The van der Waals surface area contributed by atoms with Crippen molar-refractivity contribution in [2.45, 2.75) is 25.2 Å². The largest absolute Gasteiger partial charge is 0.356 e. The Labute approximate surface area is 109 Å². The lowest BCUT2D eigenvalue weighted by Gasteiger charge is -2.27. The average molecular weight is 243 g/mol. The van der Waals surface area contributed by atoms with Gasteiger partial charge in [-0.3, -0.25) is 4.99 Å². The number of likely N-dealkylation sites (N-methyl/N-ethyl adjacent to an activating group) is 1. The van der Waals surface area contributed by atoms with Gasteiger partial charge in [-0.25, -0.2) is 0 Å². The van der Waals surface area contributed by atoms with Crippen LogP contribution < -0.4 is 5.32 Å². The van der Waals surface area contributed by atoms with Crippen molar-refractivity contribution in [1.29, 1.82) is 0 Å². The van der Waals surface area contributed by atoms with Gasteiger partial charge in [0.15, 0.2) is 5.96 Å². The molecule has 0 radical (unpaired) electrons. The van der Waals surface area contributed by atoms with Crippen molar-refractivity contribution in [1.82, 2.24) is 10.2 Å². The lowest BCUT2D eigenvalue weighted by atomic mass is 9.83. The standard InChI is InChI=1S/C15H21N3/c1-18-10-9-16-15(18)17-11-13-7-4-6-12-5-2-3-8-14(12)13/h2-3,5,8,13H,4,6-7,9-11H2,1H3,(H,16,17). The Balaban J connectivity index is 1.67. The van der Waals surface area contributed by atoms with Gasteiger partial charge in [0.25, 0.3) is 0 Å². The molecule has 0 saturated heterocycles. The zero-order valence-electron chi connectivity index (χ0n) is 11.0. The van der Waals surface area contributed by atoms with E-state index in [1.165, 1.54) is 30.4 Å². The summed E-state index contributed by atoms with van der Waals surface area (Å²) in [5.41, 5.74) is 3.08. The van der Waals surface area contributed by atoms with Crippen molar-refractivity contribution in [3.8, 4) is 0 Å². The molecule has 1 N–H and O–H groups in total. The summed E-state index contributed by atoms with van der Waals surface area (Å²) in [7, 11) is 2.10. The van der Waals surface area contributed by atoms with E-state index in [1.54, 1.807) is 0 Å². The maximum absolute atomic E-state index is 4.49. The zero-order chi connectivity index (χ0) is 12.4. The number of hydrogen-bond acceptors (Lipinski definition) is 3. The van der Waals surface area contributed by atoms with E-state index in [1.807, 2.05) is 0 Å². The summed E-state index contributed by atoms with van der Waals surface area (Å²) in [4.78, 5) is 6.69. The van der Waals surface area contributed by atoms with Crippen molar-refractivity contribution in [3.63, 3.8) is 0 Å². The van der Waals surface area contributed by atoms with Crippen LogP contribution in [0.4, 0.5) is 0 Å². The molecule has 1 aromatic rings. The normalized spacial score (nSPS) is 22.6. The monoisotopic (exact) mass is 243 g/mol. The smallest absolute Gasteiger partial charge is 0.193 e. The highest BCUT2D eigenvalue weighted by molar-refractivity contribution is 5.81. The second kappa shape index (κ2) is 5.01. The Morgan fingerprint density at radius 2 is 2.28 bits per heavy atom. The van der Waals surface area contributed by atoms with Crippen LogP contribution in [0.5, 0.6) is 0 Å². The van der Waals surface area contributed by atoms with E-state index in [0.717, 1.165) is 25.6 Å². The molecule has 3 nitrogen and oxygen atoms in total. The lowest BCUT2D eigenvalue weighted by molar-refractivity contribution is 0.504. The quantitative estimate of drug-likeness (QED) is 0.860. The van der Waals surface area contributed by atoms with Crippen molar-refractivity contribution in [2.24, 2.45) is 4.99 Å². The van der Waals surface area contributed by atoms with Gasteiger partial charge in [-0.2, -0.15) is 0 Å². The van der Waals surface area contributed by atoms with Gasteiger partial charge in [-0.15, -0.1) is 0 Å². The van der Waals surface area contributed by atoms with Crippen molar-refractivity contribution in [2.75, 3.05) is 26.7 Å². The number of hydrogen-bond donors (Lipinski definition) is 1. The Hall–Kier alpha value is -1.51. The first-order valence-electron chi connectivity index (χ1n) is 6.92. The Kier molecular flexibility index (Phi) is 3.22. The van der Waals surface area contributed by atoms with Crippen LogP contribution in [-0.2, 0) is 6.42 Å². The fraction of sp³-hybridized carbons (Fsp3) is 0.533. The number of nitrogens with zero attached hydrogens (tertiary/aromatic N) is 2. The third kappa shape index (κ3) is 2.22. The molecule has 1 aliphatic carbocycles. The molecule has 1 heterocycles. The number of aryl methyl sites for hydroxylation is 1. The van der Waals surface area contributed by atoms with Gasteiger partial charge in [0.1, 0.15) is 0 Å². The minimum Gasteiger partial charge on any atom is -0.356 e. The number of guanidine groups is 1. The first-order valence-corrected chi connectivity index (χ1v) is 6.92. The van der Waals surface area contributed by atoms with E-state index in [0.29, 0.717) is 5.92 Å². The second-order valence-corrected chi connectivity index (χ2v) is 5.30. The van der Waals surface area contributed by atoms with Gasteiger partial charge in [-0.1, -0.05) is 24.3 Å². The molecular formula is C15H21N3. The van der Waals surface area contributed by atoms with Gasteiger partial charge in [-0.05, 0) is 30.4 Å². The molecule has 1 atom stereocenters. The molecule has 0 spiro atoms. The van der Waals surface area contributed by atoms with Crippen LogP contribution in [0, 0.1) is 0 Å². The zero-order valence-corrected chi connectivity index (χ0v) is 11.0. The summed E-state index contributed by atoms with van der Waals surface area (Å²) in [6.45, 7) is 2.99. The molecule has 18 heavy (non-hydrogen) atoms.